The predicted molar refractivity (Wildman–Crippen MR) is 124 cm³/mol. The van der Waals surface area contributed by atoms with E-state index in [0.717, 1.165) is 22.4 Å². The van der Waals surface area contributed by atoms with Gasteiger partial charge in [-0.2, -0.15) is 0 Å². The summed E-state index contributed by atoms with van der Waals surface area (Å²) >= 11 is 6.29. The molecule has 3 aromatic rings. The van der Waals surface area contributed by atoms with Crippen LogP contribution >= 0.6 is 24.0 Å². The maximum absolute atomic E-state index is 11.3. The van der Waals surface area contributed by atoms with Gasteiger partial charge in [-0.3, -0.25) is 4.79 Å². The molecule has 0 amide bonds. The van der Waals surface area contributed by atoms with Gasteiger partial charge >= 0.3 is 5.97 Å². The number of halogens is 2. The second-order valence-corrected chi connectivity index (χ2v) is 8.20. The lowest BCUT2D eigenvalue weighted by molar-refractivity contribution is -0.142. The van der Waals surface area contributed by atoms with Gasteiger partial charge in [0.25, 0.3) is 0 Å². The number of anilines is 2. The van der Waals surface area contributed by atoms with Crippen molar-refractivity contribution in [2.24, 2.45) is 5.92 Å². The first-order valence-corrected chi connectivity index (χ1v) is 10.5. The number of piperidine rings is 1. The minimum absolute atomic E-state index is 0. The molecule has 3 N–H and O–H groups in total. The topological polar surface area (TPSA) is 111 Å². The van der Waals surface area contributed by atoms with Crippen molar-refractivity contribution in [3.8, 4) is 11.5 Å². The Balaban J connectivity index is 0.00000245. The smallest absolute Gasteiger partial charge is 0.306 e. The number of rotatable bonds is 4. The molecule has 5 rings (SSSR count). The number of carboxylic acid groups (broad SMARTS) is 1. The van der Waals surface area contributed by atoms with E-state index in [-0.39, 0.29) is 25.1 Å². The number of carboxylic acids is 1. The fraction of sp³-hybridized carbons (Fsp3) is 0.318. The number of hydrogen-bond donors (Lipinski definition) is 2. The van der Waals surface area contributed by atoms with E-state index in [1.54, 1.807) is 6.07 Å². The lowest BCUT2D eigenvalue weighted by Gasteiger charge is -2.30. The van der Waals surface area contributed by atoms with Gasteiger partial charge in [0, 0.05) is 24.9 Å². The van der Waals surface area contributed by atoms with Crippen LogP contribution in [-0.2, 0) is 11.2 Å². The monoisotopic (exact) mass is 476 g/mol. The van der Waals surface area contributed by atoms with Gasteiger partial charge in [-0.15, -0.1) is 12.4 Å². The molecule has 1 aromatic heterocycles. The van der Waals surface area contributed by atoms with Crippen molar-refractivity contribution >= 4 is 52.5 Å². The highest BCUT2D eigenvalue weighted by atomic mass is 35.5. The number of nitrogens with two attached hydrogens (primary N) is 1. The molecule has 1 fully saturated rings. The van der Waals surface area contributed by atoms with Crippen molar-refractivity contribution in [1.82, 2.24) is 9.97 Å². The SMILES string of the molecule is Cl.Nc1c(Cl)ccc2nc(N3CCC(C(=O)O)CC3)nc(Cc3ccc4c(c3)OCO4)c12. The molecule has 8 nitrogen and oxygen atoms in total. The molecule has 168 valence electrons. The summed E-state index contributed by atoms with van der Waals surface area (Å²) in [5.41, 5.74) is 9.23. The third-order valence-corrected chi connectivity index (χ3v) is 6.18. The summed E-state index contributed by atoms with van der Waals surface area (Å²) in [6, 6.07) is 9.37. The van der Waals surface area contributed by atoms with Gasteiger partial charge in [-0.1, -0.05) is 17.7 Å². The highest BCUT2D eigenvalue weighted by Crippen LogP contribution is 2.36. The van der Waals surface area contributed by atoms with Gasteiger partial charge in [-0.25, -0.2) is 9.97 Å². The molecule has 0 saturated carbocycles. The molecule has 0 radical (unpaired) electrons. The molecule has 2 aliphatic rings. The van der Waals surface area contributed by atoms with Crippen LogP contribution in [0.25, 0.3) is 10.9 Å². The van der Waals surface area contributed by atoms with Crippen LogP contribution in [0.3, 0.4) is 0 Å². The number of benzene rings is 2. The van der Waals surface area contributed by atoms with Crippen LogP contribution in [0, 0.1) is 5.92 Å². The van der Waals surface area contributed by atoms with Gasteiger partial charge in [0.15, 0.2) is 11.5 Å². The van der Waals surface area contributed by atoms with Crippen molar-refractivity contribution in [3.05, 3.63) is 46.6 Å². The van der Waals surface area contributed by atoms with E-state index < -0.39 is 5.97 Å². The molecule has 0 bridgehead atoms. The Morgan fingerprint density at radius 1 is 1.16 bits per heavy atom. The largest absolute Gasteiger partial charge is 0.481 e. The standard InChI is InChI=1S/C22H21ClN4O4.ClH/c23-14-2-3-15-19(20(14)24)16(9-12-1-4-17-18(10-12)31-11-30-17)26-22(25-15)27-7-5-13(6-8-27)21(28)29;/h1-4,10,13H,5-9,11,24H2,(H,28,29);1H. The maximum atomic E-state index is 11.3. The van der Waals surface area contributed by atoms with Crippen molar-refractivity contribution in [2.45, 2.75) is 19.3 Å². The quantitative estimate of drug-likeness (QED) is 0.545. The van der Waals surface area contributed by atoms with E-state index in [1.807, 2.05) is 29.2 Å². The zero-order chi connectivity index (χ0) is 21.5. The van der Waals surface area contributed by atoms with E-state index in [1.165, 1.54) is 0 Å². The van der Waals surface area contributed by atoms with Crippen LogP contribution in [0.15, 0.2) is 30.3 Å². The minimum atomic E-state index is -0.745. The third kappa shape index (κ3) is 4.08. The number of fused-ring (bicyclic) bond motifs is 2. The zero-order valence-electron chi connectivity index (χ0n) is 17.1. The number of nitrogens with zero attached hydrogens (tertiary/aromatic N) is 3. The Morgan fingerprint density at radius 3 is 2.66 bits per heavy atom. The fourth-order valence-corrected chi connectivity index (χ4v) is 4.29. The summed E-state index contributed by atoms with van der Waals surface area (Å²) in [5.74, 6) is 0.941. The van der Waals surface area contributed by atoms with Crippen LogP contribution in [-0.4, -0.2) is 40.9 Å². The zero-order valence-corrected chi connectivity index (χ0v) is 18.7. The number of aliphatic carboxylic acids is 1. The number of aromatic nitrogens is 2. The normalized spacial score (nSPS) is 15.6. The molecule has 0 unspecified atom stereocenters. The van der Waals surface area contributed by atoms with Crippen LogP contribution in [0.5, 0.6) is 11.5 Å². The Bertz CT molecular complexity index is 1180. The molecule has 3 heterocycles. The first-order chi connectivity index (χ1) is 15.0. The van der Waals surface area contributed by atoms with Gasteiger partial charge in [-0.05, 0) is 42.7 Å². The summed E-state index contributed by atoms with van der Waals surface area (Å²) in [5, 5.41) is 10.5. The number of ether oxygens (including phenoxy) is 2. The van der Waals surface area contributed by atoms with E-state index in [4.69, 9.17) is 36.8 Å². The molecule has 2 aliphatic heterocycles. The lowest BCUT2D eigenvalue weighted by Crippen LogP contribution is -2.37. The van der Waals surface area contributed by atoms with Crippen molar-refractivity contribution in [3.63, 3.8) is 0 Å². The molecule has 10 heteroatoms. The van der Waals surface area contributed by atoms with E-state index >= 15 is 0 Å². The number of hydrogen-bond acceptors (Lipinski definition) is 7. The van der Waals surface area contributed by atoms with Crippen LogP contribution in [0.2, 0.25) is 5.02 Å². The minimum Gasteiger partial charge on any atom is -0.481 e. The second-order valence-electron chi connectivity index (χ2n) is 7.79. The van der Waals surface area contributed by atoms with E-state index in [2.05, 4.69) is 0 Å². The first-order valence-electron chi connectivity index (χ1n) is 10.1. The summed E-state index contributed by atoms with van der Waals surface area (Å²) in [6.07, 6.45) is 1.65. The van der Waals surface area contributed by atoms with E-state index in [9.17, 15) is 9.90 Å². The summed E-state index contributed by atoms with van der Waals surface area (Å²) in [7, 11) is 0. The highest BCUT2D eigenvalue weighted by molar-refractivity contribution is 6.34. The summed E-state index contributed by atoms with van der Waals surface area (Å²) in [6.45, 7) is 1.40. The highest BCUT2D eigenvalue weighted by Gasteiger charge is 2.27. The maximum Gasteiger partial charge on any atom is 0.306 e. The van der Waals surface area contributed by atoms with Crippen LogP contribution in [0.1, 0.15) is 24.1 Å². The fourth-order valence-electron chi connectivity index (χ4n) is 4.13. The average Bonchev–Trinajstić information content (AvgIpc) is 3.24. The third-order valence-electron chi connectivity index (χ3n) is 5.85. The second kappa shape index (κ2) is 8.88. The van der Waals surface area contributed by atoms with Gasteiger partial charge in [0.2, 0.25) is 12.7 Å². The molecule has 32 heavy (non-hydrogen) atoms. The number of carbonyl (C=O) groups is 1. The average molecular weight is 477 g/mol. The van der Waals surface area contributed by atoms with Crippen molar-refractivity contribution in [1.29, 1.82) is 0 Å². The Hall–Kier alpha value is -2.97. The van der Waals surface area contributed by atoms with Gasteiger partial charge in [0.05, 0.1) is 27.8 Å². The molecule has 0 aliphatic carbocycles. The molecule has 0 atom stereocenters. The molecule has 2 aromatic carbocycles. The Morgan fingerprint density at radius 2 is 1.91 bits per heavy atom. The first kappa shape index (κ1) is 22.2. The predicted octanol–water partition coefficient (Wildman–Crippen LogP) is 3.91. The Kier molecular flexibility index (Phi) is 6.17. The van der Waals surface area contributed by atoms with Gasteiger partial charge < -0.3 is 25.2 Å². The van der Waals surface area contributed by atoms with Crippen molar-refractivity contribution < 1.29 is 19.4 Å². The van der Waals surface area contributed by atoms with E-state index in [0.29, 0.717) is 60.3 Å². The summed E-state index contributed by atoms with van der Waals surface area (Å²) in [4.78, 5) is 22.9. The van der Waals surface area contributed by atoms with Crippen LogP contribution < -0.4 is 20.1 Å². The van der Waals surface area contributed by atoms with Gasteiger partial charge in [0.1, 0.15) is 0 Å². The molecule has 1 saturated heterocycles. The number of nitrogen functional groups attached to an aromatic ring is 1. The lowest BCUT2D eigenvalue weighted by atomic mass is 9.97. The molecular formula is C22H22Cl2N4O4. The molecular weight excluding hydrogens is 455 g/mol. The molecule has 0 spiro atoms. The Labute approximate surface area is 195 Å². The van der Waals surface area contributed by atoms with Crippen LogP contribution in [0.4, 0.5) is 11.6 Å². The van der Waals surface area contributed by atoms with Crippen molar-refractivity contribution in [2.75, 3.05) is 30.5 Å². The summed E-state index contributed by atoms with van der Waals surface area (Å²) < 4.78 is 10.9.